The van der Waals surface area contributed by atoms with Crippen molar-refractivity contribution in [1.29, 1.82) is 0 Å². The molecule has 1 saturated carbocycles. The van der Waals surface area contributed by atoms with Crippen molar-refractivity contribution in [1.82, 2.24) is 5.32 Å². The van der Waals surface area contributed by atoms with Crippen LogP contribution in [0.2, 0.25) is 0 Å². The van der Waals surface area contributed by atoms with Crippen molar-refractivity contribution in [3.63, 3.8) is 0 Å². The lowest BCUT2D eigenvalue weighted by Crippen LogP contribution is -2.56. The van der Waals surface area contributed by atoms with Gasteiger partial charge >= 0.3 is 0 Å². The normalized spacial score (nSPS) is 19.2. The van der Waals surface area contributed by atoms with Crippen LogP contribution in [0, 0.1) is 0 Å². The molecule has 104 valence electrons. The number of amides is 1. The Morgan fingerprint density at radius 1 is 1.26 bits per heavy atom. The van der Waals surface area contributed by atoms with Crippen LogP contribution in [0.1, 0.15) is 54.6 Å². The first-order valence-corrected chi connectivity index (χ1v) is 8.09. The molecule has 1 aliphatic carbocycles. The summed E-state index contributed by atoms with van der Waals surface area (Å²) in [6.07, 6.45) is 7.52. The highest BCUT2D eigenvalue weighted by molar-refractivity contribution is 7.80. The predicted octanol–water partition coefficient (Wildman–Crippen LogP) is 3.25. The predicted molar refractivity (Wildman–Crippen MR) is 83.6 cm³/mol. The van der Waals surface area contributed by atoms with Gasteiger partial charge in [-0.3, -0.25) is 4.79 Å². The Morgan fingerprint density at radius 2 is 1.89 bits per heavy atom. The first kappa shape index (κ1) is 14.5. The number of hydrogen-bond acceptors (Lipinski definition) is 3. The Labute approximate surface area is 123 Å². The van der Waals surface area contributed by atoms with Crippen LogP contribution in [0.4, 0.5) is 0 Å². The summed E-state index contributed by atoms with van der Waals surface area (Å²) in [5.41, 5.74) is 5.46. The Hall–Kier alpha value is -0.940. The summed E-state index contributed by atoms with van der Waals surface area (Å²) >= 11 is 6.69. The van der Waals surface area contributed by atoms with E-state index in [2.05, 4.69) is 5.32 Å². The second kappa shape index (κ2) is 6.48. The zero-order valence-corrected chi connectivity index (χ0v) is 12.6. The minimum absolute atomic E-state index is 0.0524. The molecule has 1 aromatic rings. The van der Waals surface area contributed by atoms with Crippen LogP contribution in [-0.4, -0.2) is 16.4 Å². The maximum atomic E-state index is 12.3. The van der Waals surface area contributed by atoms with Crippen molar-refractivity contribution in [3.05, 3.63) is 22.4 Å². The molecule has 0 saturated heterocycles. The summed E-state index contributed by atoms with van der Waals surface area (Å²) in [5, 5.41) is 5.01. The van der Waals surface area contributed by atoms with E-state index in [0.717, 1.165) is 30.6 Å². The molecule has 0 unspecified atom stereocenters. The lowest BCUT2D eigenvalue weighted by Gasteiger charge is -2.35. The smallest absolute Gasteiger partial charge is 0.262 e. The van der Waals surface area contributed by atoms with Gasteiger partial charge in [-0.25, -0.2) is 0 Å². The second-order valence-corrected chi connectivity index (χ2v) is 6.53. The van der Waals surface area contributed by atoms with Gasteiger partial charge < -0.3 is 11.1 Å². The highest BCUT2D eigenvalue weighted by Gasteiger charge is 2.35. The Balaban J connectivity index is 2.13. The monoisotopic (exact) mass is 296 g/mol. The van der Waals surface area contributed by atoms with Crippen LogP contribution in [0.15, 0.2) is 17.5 Å². The maximum Gasteiger partial charge on any atom is 0.262 e. The quantitative estimate of drug-likeness (QED) is 0.842. The molecule has 0 radical (unpaired) electrons. The van der Waals surface area contributed by atoms with Crippen molar-refractivity contribution in [2.24, 2.45) is 5.73 Å². The average molecular weight is 296 g/mol. The number of nitrogens with two attached hydrogens (primary N) is 1. The van der Waals surface area contributed by atoms with Crippen LogP contribution in [-0.2, 0) is 0 Å². The Bertz CT molecular complexity index is 434. The fraction of sp³-hybridized carbons (Fsp3) is 0.571. The topological polar surface area (TPSA) is 55.1 Å². The van der Waals surface area contributed by atoms with Gasteiger partial charge in [-0.2, -0.15) is 0 Å². The first-order chi connectivity index (χ1) is 9.14. The first-order valence-electron chi connectivity index (χ1n) is 6.80. The number of nitrogens with one attached hydrogen (secondary N) is 1. The fourth-order valence-corrected chi connectivity index (χ4v) is 3.50. The van der Waals surface area contributed by atoms with Gasteiger partial charge in [0.15, 0.2) is 0 Å². The molecule has 0 bridgehead atoms. The molecule has 3 N–H and O–H groups in total. The van der Waals surface area contributed by atoms with Gasteiger partial charge in [0.25, 0.3) is 5.91 Å². The highest BCUT2D eigenvalue weighted by atomic mass is 32.1. The van der Waals surface area contributed by atoms with Crippen LogP contribution in [0.5, 0.6) is 0 Å². The van der Waals surface area contributed by atoms with E-state index in [4.69, 9.17) is 18.0 Å². The largest absolute Gasteiger partial charge is 0.391 e. The van der Waals surface area contributed by atoms with Crippen LogP contribution in [0.3, 0.4) is 0 Å². The van der Waals surface area contributed by atoms with Gasteiger partial charge in [0.05, 0.1) is 15.4 Å². The summed E-state index contributed by atoms with van der Waals surface area (Å²) in [7, 11) is 0. The SMILES string of the molecule is NC(=S)C1(NC(=O)c2cccs2)CCCCCCC1. The molecule has 0 aromatic carbocycles. The fourth-order valence-electron chi connectivity index (χ4n) is 2.63. The van der Waals surface area contributed by atoms with Crippen LogP contribution < -0.4 is 11.1 Å². The molecular weight excluding hydrogens is 276 g/mol. The summed E-state index contributed by atoms with van der Waals surface area (Å²) in [4.78, 5) is 13.4. The third-order valence-electron chi connectivity index (χ3n) is 3.78. The molecule has 1 aromatic heterocycles. The van der Waals surface area contributed by atoms with Gasteiger partial charge in [0.2, 0.25) is 0 Å². The van der Waals surface area contributed by atoms with Gasteiger partial charge in [-0.1, -0.05) is 50.4 Å². The molecule has 1 aliphatic rings. The molecule has 2 rings (SSSR count). The minimum atomic E-state index is -0.489. The van der Waals surface area contributed by atoms with Crippen LogP contribution >= 0.6 is 23.6 Å². The van der Waals surface area contributed by atoms with E-state index < -0.39 is 5.54 Å². The highest BCUT2D eigenvalue weighted by Crippen LogP contribution is 2.27. The third-order valence-corrected chi connectivity index (χ3v) is 5.04. The number of thiophene rings is 1. The van der Waals surface area contributed by atoms with Gasteiger partial charge in [0.1, 0.15) is 0 Å². The number of carbonyl (C=O) groups excluding carboxylic acids is 1. The molecule has 19 heavy (non-hydrogen) atoms. The number of hydrogen-bond donors (Lipinski definition) is 2. The van der Waals surface area contributed by atoms with E-state index in [0.29, 0.717) is 4.99 Å². The lowest BCUT2D eigenvalue weighted by molar-refractivity contribution is 0.0917. The number of carbonyl (C=O) groups is 1. The molecule has 5 heteroatoms. The van der Waals surface area contributed by atoms with E-state index in [1.807, 2.05) is 17.5 Å². The molecule has 1 heterocycles. The summed E-state index contributed by atoms with van der Waals surface area (Å²) in [5.74, 6) is -0.0524. The van der Waals surface area contributed by atoms with Gasteiger partial charge in [0, 0.05) is 0 Å². The molecule has 3 nitrogen and oxygen atoms in total. The van der Waals surface area contributed by atoms with Crippen molar-refractivity contribution >= 4 is 34.5 Å². The van der Waals surface area contributed by atoms with Crippen molar-refractivity contribution in [3.8, 4) is 0 Å². The standard InChI is InChI=1S/C14H20N2OS2/c15-13(18)14(8-4-2-1-3-5-9-14)16-12(17)11-7-6-10-19-11/h6-7,10H,1-5,8-9H2,(H2,15,18)(H,16,17). The van der Waals surface area contributed by atoms with Gasteiger partial charge in [-0.15, -0.1) is 11.3 Å². The minimum Gasteiger partial charge on any atom is -0.391 e. The van der Waals surface area contributed by atoms with E-state index in [1.165, 1.54) is 30.6 Å². The van der Waals surface area contributed by atoms with Crippen LogP contribution in [0.25, 0.3) is 0 Å². The van der Waals surface area contributed by atoms with Crippen molar-refractivity contribution in [2.45, 2.75) is 50.5 Å². The molecule has 0 atom stereocenters. The second-order valence-electron chi connectivity index (χ2n) is 5.15. The Morgan fingerprint density at radius 3 is 2.42 bits per heavy atom. The average Bonchev–Trinajstić information content (AvgIpc) is 2.86. The summed E-state index contributed by atoms with van der Waals surface area (Å²) in [6.45, 7) is 0. The zero-order chi connectivity index (χ0) is 13.7. The maximum absolute atomic E-state index is 12.3. The summed E-state index contributed by atoms with van der Waals surface area (Å²) < 4.78 is 0. The van der Waals surface area contributed by atoms with E-state index >= 15 is 0 Å². The number of rotatable bonds is 3. The number of thiocarbonyl (C=S) groups is 1. The van der Waals surface area contributed by atoms with E-state index in [-0.39, 0.29) is 5.91 Å². The van der Waals surface area contributed by atoms with Crippen molar-refractivity contribution in [2.75, 3.05) is 0 Å². The van der Waals surface area contributed by atoms with Gasteiger partial charge in [-0.05, 0) is 24.3 Å². The molecule has 0 spiro atoms. The molecule has 1 amide bonds. The zero-order valence-electron chi connectivity index (χ0n) is 11.0. The third kappa shape index (κ3) is 3.54. The summed E-state index contributed by atoms with van der Waals surface area (Å²) in [6, 6.07) is 3.71. The molecule has 0 aliphatic heterocycles. The molecule has 1 fully saturated rings. The van der Waals surface area contributed by atoms with E-state index in [1.54, 1.807) is 0 Å². The molecular formula is C14H20N2OS2. The van der Waals surface area contributed by atoms with Crippen molar-refractivity contribution < 1.29 is 4.79 Å². The Kier molecular flexibility index (Phi) is 4.93. The van der Waals surface area contributed by atoms with E-state index in [9.17, 15) is 4.79 Å². The lowest BCUT2D eigenvalue weighted by atomic mass is 9.83.